The van der Waals surface area contributed by atoms with Crippen molar-refractivity contribution in [2.45, 2.75) is 26.3 Å². The van der Waals surface area contributed by atoms with Gasteiger partial charge < -0.3 is 15.2 Å². The van der Waals surface area contributed by atoms with Gasteiger partial charge in [0.15, 0.2) is 0 Å². The number of anilines is 1. The Hall–Kier alpha value is -2.51. The van der Waals surface area contributed by atoms with Gasteiger partial charge in [-0.05, 0) is 42.6 Å². The molecule has 0 bridgehead atoms. The minimum atomic E-state index is -0.412. The summed E-state index contributed by atoms with van der Waals surface area (Å²) in [5, 5.41) is 10.5. The van der Waals surface area contributed by atoms with E-state index < -0.39 is 5.91 Å². The van der Waals surface area contributed by atoms with E-state index in [0.717, 1.165) is 17.8 Å². The third-order valence-electron chi connectivity index (χ3n) is 4.46. The van der Waals surface area contributed by atoms with Gasteiger partial charge in [0.2, 0.25) is 0 Å². The molecule has 136 valence electrons. The summed E-state index contributed by atoms with van der Waals surface area (Å²) in [5.74, 6) is -0.772. The second-order valence-corrected chi connectivity index (χ2v) is 6.01. The van der Waals surface area contributed by atoms with Crippen LogP contribution in [0.2, 0.25) is 0 Å². The number of hydrogen-bond acceptors (Lipinski definition) is 5. The molecule has 1 aromatic carbocycles. The molecule has 0 fully saturated rings. The first kappa shape index (κ1) is 18.3. The highest BCUT2D eigenvalue weighted by Crippen LogP contribution is 2.25. The van der Waals surface area contributed by atoms with Crippen molar-refractivity contribution in [1.82, 2.24) is 15.5 Å². The van der Waals surface area contributed by atoms with Crippen LogP contribution in [0.25, 0.3) is 11.1 Å². The van der Waals surface area contributed by atoms with Crippen LogP contribution in [0.5, 0.6) is 0 Å². The molecule has 26 heavy (non-hydrogen) atoms. The van der Waals surface area contributed by atoms with Gasteiger partial charge in [-0.3, -0.25) is 4.79 Å². The molecular weight excluding hydrogens is 359 g/mol. The molecule has 1 amide bonds. The van der Waals surface area contributed by atoms with Crippen molar-refractivity contribution in [3.8, 4) is 0 Å². The largest absolute Gasteiger partial charge is 0.336 e. The maximum absolute atomic E-state index is 14.7. The predicted octanol–water partition coefficient (Wildman–Crippen LogP) is 3.24. The van der Waals surface area contributed by atoms with Gasteiger partial charge in [-0.1, -0.05) is 18.1 Å². The highest BCUT2D eigenvalue weighted by molar-refractivity contribution is 6.05. The maximum Gasteiger partial charge on any atom is 0.257 e. The number of carbonyl (C=O) groups excluding carboxylic acids is 1. The Kier molecular flexibility index (Phi) is 5.20. The number of pyridine rings is 1. The molecule has 0 spiro atoms. The number of rotatable bonds is 3. The second-order valence-electron chi connectivity index (χ2n) is 6.01. The fraction of sp³-hybridized carbons (Fsp3) is 0.278. The highest BCUT2D eigenvalue weighted by Gasteiger charge is 2.19. The molecule has 0 saturated carbocycles. The number of benzene rings is 1. The van der Waals surface area contributed by atoms with Crippen LogP contribution in [0.4, 0.5) is 10.1 Å². The quantitative estimate of drug-likeness (QED) is 0.733. The smallest absolute Gasteiger partial charge is 0.257 e. The van der Waals surface area contributed by atoms with Crippen LogP contribution < -0.4 is 10.6 Å². The SMILES string of the molecule is CCc1noc2ncc(C(=O)Nc3ccc4c(c3F)CCNC4)cc12.Cl. The summed E-state index contributed by atoms with van der Waals surface area (Å²) in [4.78, 5) is 16.6. The van der Waals surface area contributed by atoms with Crippen LogP contribution in [0, 0.1) is 5.82 Å². The van der Waals surface area contributed by atoms with Gasteiger partial charge in [-0.15, -0.1) is 12.4 Å². The number of aryl methyl sites for hydroxylation is 1. The lowest BCUT2D eigenvalue weighted by atomic mass is 9.99. The van der Waals surface area contributed by atoms with E-state index in [2.05, 4.69) is 20.8 Å². The molecule has 2 aromatic heterocycles. The Labute approximate surface area is 155 Å². The van der Waals surface area contributed by atoms with Gasteiger partial charge in [0.1, 0.15) is 5.82 Å². The minimum absolute atomic E-state index is 0. The van der Waals surface area contributed by atoms with Gasteiger partial charge in [0.05, 0.1) is 22.3 Å². The molecule has 0 atom stereocenters. The first-order valence-corrected chi connectivity index (χ1v) is 8.24. The first-order valence-electron chi connectivity index (χ1n) is 8.24. The van der Waals surface area contributed by atoms with E-state index in [0.29, 0.717) is 41.6 Å². The van der Waals surface area contributed by atoms with Crippen LogP contribution in [0.1, 0.15) is 34.1 Å². The van der Waals surface area contributed by atoms with E-state index >= 15 is 0 Å². The van der Waals surface area contributed by atoms with E-state index in [-0.39, 0.29) is 23.9 Å². The Morgan fingerprint density at radius 1 is 1.42 bits per heavy atom. The zero-order valence-corrected chi connectivity index (χ0v) is 15.0. The molecule has 3 aromatic rings. The number of aromatic nitrogens is 2. The molecular formula is C18H18ClFN4O2. The van der Waals surface area contributed by atoms with Crippen LogP contribution in [-0.2, 0) is 19.4 Å². The summed E-state index contributed by atoms with van der Waals surface area (Å²) in [7, 11) is 0. The molecule has 8 heteroatoms. The van der Waals surface area contributed by atoms with E-state index in [1.807, 2.05) is 13.0 Å². The normalized spacial score (nSPS) is 13.2. The lowest BCUT2D eigenvalue weighted by Gasteiger charge is -2.19. The van der Waals surface area contributed by atoms with Gasteiger partial charge in [0, 0.05) is 12.7 Å². The molecule has 0 saturated heterocycles. The van der Waals surface area contributed by atoms with Gasteiger partial charge in [-0.2, -0.15) is 0 Å². The van der Waals surface area contributed by atoms with Crippen molar-refractivity contribution in [3.05, 3.63) is 52.6 Å². The van der Waals surface area contributed by atoms with E-state index in [1.165, 1.54) is 6.20 Å². The molecule has 4 rings (SSSR count). The molecule has 0 unspecified atom stereocenters. The summed E-state index contributed by atoms with van der Waals surface area (Å²) >= 11 is 0. The van der Waals surface area contributed by atoms with Crippen molar-refractivity contribution in [3.63, 3.8) is 0 Å². The minimum Gasteiger partial charge on any atom is -0.336 e. The molecule has 2 N–H and O–H groups in total. The number of carbonyl (C=O) groups is 1. The molecule has 3 heterocycles. The first-order chi connectivity index (χ1) is 12.2. The zero-order valence-electron chi connectivity index (χ0n) is 14.1. The fourth-order valence-corrected chi connectivity index (χ4v) is 3.08. The number of fused-ring (bicyclic) bond motifs is 2. The van der Waals surface area contributed by atoms with Gasteiger partial charge in [0.25, 0.3) is 11.6 Å². The second kappa shape index (κ2) is 7.39. The predicted molar refractivity (Wildman–Crippen MR) is 98.2 cm³/mol. The topological polar surface area (TPSA) is 80.0 Å². The van der Waals surface area contributed by atoms with E-state index in [4.69, 9.17) is 4.52 Å². The lowest BCUT2D eigenvalue weighted by molar-refractivity contribution is 0.102. The standard InChI is InChI=1S/C18H17FN4O2.ClH/c1-2-14-13-7-11(9-21-18(13)25-23-14)17(24)22-15-4-3-10-8-20-6-5-12(10)16(15)19;/h3-4,7,9,20H,2,5-6,8H2,1H3,(H,22,24);1H. The van der Waals surface area contributed by atoms with Crippen molar-refractivity contribution in [2.24, 2.45) is 0 Å². The van der Waals surface area contributed by atoms with Crippen molar-refractivity contribution >= 4 is 35.1 Å². The Morgan fingerprint density at radius 3 is 3.08 bits per heavy atom. The summed E-state index contributed by atoms with van der Waals surface area (Å²) in [6.07, 6.45) is 2.69. The number of nitrogens with zero attached hydrogens (tertiary/aromatic N) is 2. The lowest BCUT2D eigenvalue weighted by Crippen LogP contribution is -2.25. The van der Waals surface area contributed by atoms with Crippen LogP contribution in [0.3, 0.4) is 0 Å². The van der Waals surface area contributed by atoms with Crippen LogP contribution >= 0.6 is 12.4 Å². The maximum atomic E-state index is 14.7. The number of amides is 1. The average molecular weight is 377 g/mol. The number of halogens is 2. The zero-order chi connectivity index (χ0) is 17.4. The molecule has 1 aliphatic heterocycles. The average Bonchev–Trinajstić information content (AvgIpc) is 3.06. The molecule has 6 nitrogen and oxygen atoms in total. The number of hydrogen-bond donors (Lipinski definition) is 2. The van der Waals surface area contributed by atoms with E-state index in [1.54, 1.807) is 12.1 Å². The van der Waals surface area contributed by atoms with Gasteiger partial charge in [-0.25, -0.2) is 9.37 Å². The molecule has 0 aliphatic carbocycles. The summed E-state index contributed by atoms with van der Waals surface area (Å²) in [6, 6.07) is 5.12. The Balaban J connectivity index is 0.00000196. The van der Waals surface area contributed by atoms with Crippen molar-refractivity contribution < 1.29 is 13.7 Å². The van der Waals surface area contributed by atoms with E-state index in [9.17, 15) is 9.18 Å². The fourth-order valence-electron chi connectivity index (χ4n) is 3.08. The summed E-state index contributed by atoms with van der Waals surface area (Å²) in [5.41, 5.74) is 3.25. The Bertz CT molecular complexity index is 973. The number of nitrogens with one attached hydrogen (secondary N) is 2. The summed E-state index contributed by atoms with van der Waals surface area (Å²) in [6.45, 7) is 3.32. The molecule has 0 radical (unpaired) electrons. The monoisotopic (exact) mass is 376 g/mol. The van der Waals surface area contributed by atoms with Crippen LogP contribution in [-0.4, -0.2) is 22.6 Å². The Morgan fingerprint density at radius 2 is 2.27 bits per heavy atom. The highest BCUT2D eigenvalue weighted by atomic mass is 35.5. The van der Waals surface area contributed by atoms with Crippen LogP contribution in [0.15, 0.2) is 28.9 Å². The summed E-state index contributed by atoms with van der Waals surface area (Å²) < 4.78 is 19.8. The van der Waals surface area contributed by atoms with Crippen molar-refractivity contribution in [2.75, 3.05) is 11.9 Å². The molecule has 1 aliphatic rings. The third-order valence-corrected chi connectivity index (χ3v) is 4.46. The third kappa shape index (κ3) is 3.15. The van der Waals surface area contributed by atoms with Crippen molar-refractivity contribution in [1.29, 1.82) is 0 Å². The van der Waals surface area contributed by atoms with Gasteiger partial charge >= 0.3 is 0 Å².